The van der Waals surface area contributed by atoms with Crippen LogP contribution < -0.4 is 10.1 Å². The molecule has 0 aliphatic heterocycles. The van der Waals surface area contributed by atoms with Crippen molar-refractivity contribution >= 4 is 40.9 Å². The van der Waals surface area contributed by atoms with Crippen LogP contribution in [0.2, 0.25) is 10.0 Å². The molecule has 6 heteroatoms. The third kappa shape index (κ3) is 6.95. The summed E-state index contributed by atoms with van der Waals surface area (Å²) < 4.78 is 5.94. The molecule has 0 bridgehead atoms. The standard InChI is InChI=1S/C21H25Cl2NO2S/c1-4-19(26-20-11-14(2)5-6-15(20)3)21(25)24-9-10-27-13-16-7-8-17(22)12-18(16)23/h5-8,11-12,19H,4,9-10,13H2,1-3H3,(H,24,25)/t19-/m0/s1. The molecular weight excluding hydrogens is 401 g/mol. The Kier molecular flexibility index (Phi) is 8.81. The molecule has 0 saturated heterocycles. The second kappa shape index (κ2) is 10.8. The number of nitrogens with one attached hydrogen (secondary N) is 1. The molecule has 0 saturated carbocycles. The number of amides is 1. The Morgan fingerprint density at radius 2 is 1.96 bits per heavy atom. The van der Waals surface area contributed by atoms with Crippen molar-refractivity contribution in [2.75, 3.05) is 12.3 Å². The van der Waals surface area contributed by atoms with E-state index in [0.717, 1.165) is 33.9 Å². The molecule has 146 valence electrons. The summed E-state index contributed by atoms with van der Waals surface area (Å²) in [6, 6.07) is 11.5. The molecule has 2 rings (SSSR count). The second-order valence-electron chi connectivity index (χ2n) is 6.36. The van der Waals surface area contributed by atoms with Crippen molar-refractivity contribution in [2.45, 2.75) is 39.0 Å². The zero-order valence-corrected chi connectivity index (χ0v) is 18.2. The number of carbonyl (C=O) groups is 1. The number of benzene rings is 2. The quantitative estimate of drug-likeness (QED) is 0.514. The maximum Gasteiger partial charge on any atom is 0.261 e. The predicted octanol–water partition coefficient (Wildman–Crippen LogP) is 5.82. The van der Waals surface area contributed by atoms with E-state index >= 15 is 0 Å². The van der Waals surface area contributed by atoms with Crippen LogP contribution in [0, 0.1) is 13.8 Å². The Balaban J connectivity index is 1.77. The van der Waals surface area contributed by atoms with Gasteiger partial charge in [0.15, 0.2) is 6.10 Å². The summed E-state index contributed by atoms with van der Waals surface area (Å²) in [5, 5.41) is 4.27. The number of thioether (sulfide) groups is 1. The third-order valence-corrected chi connectivity index (χ3v) is 5.69. The van der Waals surface area contributed by atoms with Gasteiger partial charge in [0.1, 0.15) is 5.75 Å². The van der Waals surface area contributed by atoms with Gasteiger partial charge in [0, 0.05) is 28.1 Å². The number of halogens is 2. The number of aryl methyl sites for hydroxylation is 2. The van der Waals surface area contributed by atoms with E-state index in [1.165, 1.54) is 0 Å². The van der Waals surface area contributed by atoms with Gasteiger partial charge in [-0.15, -0.1) is 0 Å². The predicted molar refractivity (Wildman–Crippen MR) is 116 cm³/mol. The lowest BCUT2D eigenvalue weighted by molar-refractivity contribution is -0.128. The van der Waals surface area contributed by atoms with Gasteiger partial charge >= 0.3 is 0 Å². The fraction of sp³-hybridized carbons (Fsp3) is 0.381. The summed E-state index contributed by atoms with van der Waals surface area (Å²) in [6.45, 7) is 6.53. The second-order valence-corrected chi connectivity index (χ2v) is 8.31. The molecule has 3 nitrogen and oxygen atoms in total. The summed E-state index contributed by atoms with van der Waals surface area (Å²) in [7, 11) is 0. The van der Waals surface area contributed by atoms with Gasteiger partial charge in [-0.05, 0) is 55.2 Å². The monoisotopic (exact) mass is 425 g/mol. The molecule has 0 fully saturated rings. The molecule has 1 N–H and O–H groups in total. The minimum Gasteiger partial charge on any atom is -0.480 e. The van der Waals surface area contributed by atoms with Crippen LogP contribution in [-0.2, 0) is 10.5 Å². The average molecular weight is 426 g/mol. The van der Waals surface area contributed by atoms with Crippen LogP contribution in [0.3, 0.4) is 0 Å². The first-order valence-corrected chi connectivity index (χ1v) is 10.8. The lowest BCUT2D eigenvalue weighted by Gasteiger charge is -2.19. The van der Waals surface area contributed by atoms with E-state index in [1.807, 2.05) is 51.1 Å². The van der Waals surface area contributed by atoms with Crippen LogP contribution in [-0.4, -0.2) is 24.3 Å². The first-order chi connectivity index (χ1) is 12.9. The Hall–Kier alpha value is -1.36. The number of hydrogen-bond acceptors (Lipinski definition) is 3. The molecule has 0 radical (unpaired) electrons. The van der Waals surface area contributed by atoms with E-state index in [1.54, 1.807) is 17.8 Å². The summed E-state index contributed by atoms with van der Waals surface area (Å²) >= 11 is 13.8. The van der Waals surface area contributed by atoms with Gasteiger partial charge in [-0.3, -0.25) is 4.79 Å². The summed E-state index contributed by atoms with van der Waals surface area (Å²) in [5.74, 6) is 2.26. The molecule has 1 atom stereocenters. The summed E-state index contributed by atoms with van der Waals surface area (Å²) in [6.07, 6.45) is 0.133. The van der Waals surface area contributed by atoms with Gasteiger partial charge < -0.3 is 10.1 Å². The van der Waals surface area contributed by atoms with Crippen molar-refractivity contribution in [3.05, 3.63) is 63.1 Å². The fourth-order valence-electron chi connectivity index (χ4n) is 2.49. The van der Waals surface area contributed by atoms with Crippen molar-refractivity contribution in [3.8, 4) is 5.75 Å². The number of hydrogen-bond donors (Lipinski definition) is 1. The Bertz CT molecular complexity index is 783. The van der Waals surface area contributed by atoms with E-state index in [2.05, 4.69) is 5.32 Å². The van der Waals surface area contributed by atoms with Gasteiger partial charge in [-0.25, -0.2) is 0 Å². The van der Waals surface area contributed by atoms with Gasteiger partial charge in [0.2, 0.25) is 0 Å². The summed E-state index contributed by atoms with van der Waals surface area (Å²) in [5.41, 5.74) is 3.19. The normalized spacial score (nSPS) is 11.9. The van der Waals surface area contributed by atoms with Gasteiger partial charge in [0.05, 0.1) is 0 Å². The third-order valence-electron chi connectivity index (χ3n) is 4.09. The zero-order chi connectivity index (χ0) is 19.8. The van der Waals surface area contributed by atoms with E-state index < -0.39 is 6.10 Å². The minimum absolute atomic E-state index is 0.0801. The van der Waals surface area contributed by atoms with E-state index in [0.29, 0.717) is 23.0 Å². The highest BCUT2D eigenvalue weighted by atomic mass is 35.5. The molecule has 2 aromatic carbocycles. The van der Waals surface area contributed by atoms with Gasteiger partial charge in [-0.1, -0.05) is 48.3 Å². The number of ether oxygens (including phenoxy) is 1. The molecule has 27 heavy (non-hydrogen) atoms. The molecule has 1 amide bonds. The molecule has 0 aliphatic carbocycles. The number of carbonyl (C=O) groups excluding carboxylic acids is 1. The van der Waals surface area contributed by atoms with Crippen LogP contribution in [0.5, 0.6) is 5.75 Å². The molecular formula is C21H25Cl2NO2S. The largest absolute Gasteiger partial charge is 0.480 e. The topological polar surface area (TPSA) is 38.3 Å². The lowest BCUT2D eigenvalue weighted by atomic mass is 10.1. The van der Waals surface area contributed by atoms with Crippen LogP contribution in [0.15, 0.2) is 36.4 Å². The highest BCUT2D eigenvalue weighted by Gasteiger charge is 2.18. The Labute approximate surface area is 175 Å². The smallest absolute Gasteiger partial charge is 0.261 e. The number of rotatable bonds is 9. The maximum atomic E-state index is 12.4. The van der Waals surface area contributed by atoms with E-state index in [9.17, 15) is 4.79 Å². The Morgan fingerprint density at radius 1 is 1.19 bits per heavy atom. The van der Waals surface area contributed by atoms with Crippen LogP contribution in [0.25, 0.3) is 0 Å². The van der Waals surface area contributed by atoms with Gasteiger partial charge in [-0.2, -0.15) is 11.8 Å². The van der Waals surface area contributed by atoms with Crippen molar-refractivity contribution in [1.82, 2.24) is 5.32 Å². The SMILES string of the molecule is CC[C@H](Oc1cc(C)ccc1C)C(=O)NCCSCc1ccc(Cl)cc1Cl. The molecule has 0 aliphatic rings. The van der Waals surface area contributed by atoms with Crippen LogP contribution in [0.1, 0.15) is 30.0 Å². The maximum absolute atomic E-state index is 12.4. The van der Waals surface area contributed by atoms with Crippen molar-refractivity contribution < 1.29 is 9.53 Å². The molecule has 2 aromatic rings. The molecule has 0 spiro atoms. The molecule has 0 unspecified atom stereocenters. The first-order valence-electron chi connectivity index (χ1n) is 8.94. The lowest BCUT2D eigenvalue weighted by Crippen LogP contribution is -2.39. The highest BCUT2D eigenvalue weighted by Crippen LogP contribution is 2.24. The van der Waals surface area contributed by atoms with Crippen molar-refractivity contribution in [2.24, 2.45) is 0 Å². The highest BCUT2D eigenvalue weighted by molar-refractivity contribution is 7.98. The van der Waals surface area contributed by atoms with Crippen molar-refractivity contribution in [3.63, 3.8) is 0 Å². The minimum atomic E-state index is -0.485. The zero-order valence-electron chi connectivity index (χ0n) is 15.9. The van der Waals surface area contributed by atoms with Crippen molar-refractivity contribution in [1.29, 1.82) is 0 Å². The first kappa shape index (κ1) is 21.9. The summed E-state index contributed by atoms with van der Waals surface area (Å²) in [4.78, 5) is 12.4. The molecule has 0 heterocycles. The Morgan fingerprint density at radius 3 is 2.67 bits per heavy atom. The van der Waals surface area contributed by atoms with E-state index in [4.69, 9.17) is 27.9 Å². The average Bonchev–Trinajstić information content (AvgIpc) is 2.63. The molecule has 0 aromatic heterocycles. The van der Waals surface area contributed by atoms with E-state index in [-0.39, 0.29) is 5.91 Å². The fourth-order valence-corrected chi connectivity index (χ4v) is 3.91. The van der Waals surface area contributed by atoms with Gasteiger partial charge in [0.25, 0.3) is 5.91 Å². The van der Waals surface area contributed by atoms with Crippen LogP contribution >= 0.6 is 35.0 Å². The van der Waals surface area contributed by atoms with Crippen LogP contribution in [0.4, 0.5) is 0 Å².